The minimum absolute atomic E-state index is 0.267. The second-order valence-electron chi connectivity index (χ2n) is 4.57. The number of hydrogen-bond acceptors (Lipinski definition) is 3. The average molecular weight is 251 g/mol. The van der Waals surface area contributed by atoms with Crippen LogP contribution in [-0.4, -0.2) is 25.2 Å². The van der Waals surface area contributed by atoms with Crippen LogP contribution in [0.15, 0.2) is 12.1 Å². The molecule has 2 N–H and O–H groups in total. The fourth-order valence-electron chi connectivity index (χ4n) is 2.05. The highest BCUT2D eigenvalue weighted by atomic mass is 16.5. The summed E-state index contributed by atoms with van der Waals surface area (Å²) in [4.78, 5) is 11.1. The Hall–Kier alpha value is -1.55. The topological polar surface area (TPSA) is 58.6 Å². The molecular formula is C14H21NO3. The number of aliphatic carboxylic acids is 1. The van der Waals surface area contributed by atoms with Gasteiger partial charge in [-0.25, -0.2) is 0 Å². The Labute approximate surface area is 108 Å². The van der Waals surface area contributed by atoms with E-state index < -0.39 is 11.9 Å². The molecule has 0 radical (unpaired) electrons. The van der Waals surface area contributed by atoms with Gasteiger partial charge in [-0.15, -0.1) is 0 Å². The summed E-state index contributed by atoms with van der Waals surface area (Å²) in [5.74, 6) is -0.619. The Balaban J connectivity index is 3.28. The summed E-state index contributed by atoms with van der Waals surface area (Å²) in [7, 11) is 3.37. The van der Waals surface area contributed by atoms with Crippen LogP contribution in [0.5, 0.6) is 5.75 Å². The third-order valence-corrected chi connectivity index (χ3v) is 3.38. The van der Waals surface area contributed by atoms with Gasteiger partial charge in [-0.2, -0.15) is 0 Å². The molecule has 1 aromatic carbocycles. The van der Waals surface area contributed by atoms with Crippen molar-refractivity contribution in [2.45, 2.75) is 26.8 Å². The standard InChI is InChI=1S/C14H21NO3/c1-8-6-11(12(18-5)7-9(8)2)13(15-4)10(3)14(16)17/h6-7,10,13,15H,1-5H3,(H,16,17). The molecule has 4 nitrogen and oxygen atoms in total. The van der Waals surface area contributed by atoms with Crippen LogP contribution in [0.1, 0.15) is 29.7 Å². The van der Waals surface area contributed by atoms with Crippen LogP contribution < -0.4 is 10.1 Å². The van der Waals surface area contributed by atoms with Crippen molar-refractivity contribution in [3.8, 4) is 5.75 Å². The molecule has 0 aromatic heterocycles. The van der Waals surface area contributed by atoms with E-state index >= 15 is 0 Å². The summed E-state index contributed by atoms with van der Waals surface area (Å²) >= 11 is 0. The molecule has 2 atom stereocenters. The Morgan fingerprint density at radius 3 is 2.33 bits per heavy atom. The van der Waals surface area contributed by atoms with Gasteiger partial charge in [0.15, 0.2) is 0 Å². The maximum absolute atomic E-state index is 11.1. The van der Waals surface area contributed by atoms with E-state index in [4.69, 9.17) is 9.84 Å². The first-order chi connectivity index (χ1) is 8.42. The van der Waals surface area contributed by atoms with Gasteiger partial charge < -0.3 is 15.2 Å². The number of carbonyl (C=O) groups is 1. The number of aryl methyl sites for hydroxylation is 2. The summed E-state index contributed by atoms with van der Waals surface area (Å²) < 4.78 is 5.36. The molecule has 0 aliphatic carbocycles. The third kappa shape index (κ3) is 2.82. The zero-order valence-corrected chi connectivity index (χ0v) is 11.6. The third-order valence-electron chi connectivity index (χ3n) is 3.38. The molecule has 0 saturated carbocycles. The van der Waals surface area contributed by atoms with Gasteiger partial charge in [-0.05, 0) is 38.1 Å². The summed E-state index contributed by atoms with van der Waals surface area (Å²) in [6.45, 7) is 5.71. The van der Waals surface area contributed by atoms with E-state index in [-0.39, 0.29) is 6.04 Å². The van der Waals surface area contributed by atoms with Crippen LogP contribution in [0, 0.1) is 19.8 Å². The Bertz CT molecular complexity index is 443. The molecule has 0 bridgehead atoms. The molecule has 4 heteroatoms. The van der Waals surface area contributed by atoms with E-state index in [2.05, 4.69) is 5.32 Å². The number of rotatable bonds is 5. The summed E-state index contributed by atoms with van der Waals surface area (Å²) in [6, 6.07) is 3.68. The Morgan fingerprint density at radius 2 is 1.89 bits per heavy atom. The number of carboxylic acid groups (broad SMARTS) is 1. The highest BCUT2D eigenvalue weighted by molar-refractivity contribution is 5.71. The molecule has 0 fully saturated rings. The lowest BCUT2D eigenvalue weighted by Crippen LogP contribution is -2.29. The zero-order valence-electron chi connectivity index (χ0n) is 11.6. The number of benzene rings is 1. The van der Waals surface area contributed by atoms with Gasteiger partial charge in [0, 0.05) is 11.6 Å². The van der Waals surface area contributed by atoms with E-state index in [1.54, 1.807) is 21.1 Å². The summed E-state index contributed by atoms with van der Waals surface area (Å²) in [5, 5.41) is 12.2. The van der Waals surface area contributed by atoms with E-state index in [9.17, 15) is 4.79 Å². The van der Waals surface area contributed by atoms with Crippen molar-refractivity contribution < 1.29 is 14.6 Å². The molecule has 0 amide bonds. The van der Waals surface area contributed by atoms with Gasteiger partial charge in [0.2, 0.25) is 0 Å². The first-order valence-electron chi connectivity index (χ1n) is 5.97. The van der Waals surface area contributed by atoms with Crippen molar-refractivity contribution in [1.82, 2.24) is 5.32 Å². The molecule has 1 aromatic rings. The fraction of sp³-hybridized carbons (Fsp3) is 0.500. The first-order valence-corrected chi connectivity index (χ1v) is 5.97. The molecule has 1 rings (SSSR count). The molecule has 18 heavy (non-hydrogen) atoms. The number of hydrogen-bond donors (Lipinski definition) is 2. The monoisotopic (exact) mass is 251 g/mol. The molecule has 2 unspecified atom stereocenters. The number of methoxy groups -OCH3 is 1. The van der Waals surface area contributed by atoms with Crippen molar-refractivity contribution in [1.29, 1.82) is 0 Å². The van der Waals surface area contributed by atoms with Crippen LogP contribution in [0.2, 0.25) is 0 Å². The van der Waals surface area contributed by atoms with Crippen molar-refractivity contribution in [2.24, 2.45) is 5.92 Å². The van der Waals surface area contributed by atoms with Crippen LogP contribution in [0.3, 0.4) is 0 Å². The van der Waals surface area contributed by atoms with E-state index in [0.29, 0.717) is 0 Å². The second-order valence-corrected chi connectivity index (χ2v) is 4.57. The van der Waals surface area contributed by atoms with Crippen LogP contribution in [0.25, 0.3) is 0 Å². The number of nitrogens with one attached hydrogen (secondary N) is 1. The van der Waals surface area contributed by atoms with Gasteiger partial charge in [0.05, 0.1) is 13.0 Å². The van der Waals surface area contributed by atoms with E-state index in [0.717, 1.165) is 22.4 Å². The maximum Gasteiger partial charge on any atom is 0.308 e. The molecule has 0 spiro atoms. The summed E-state index contributed by atoms with van der Waals surface area (Å²) in [6.07, 6.45) is 0. The predicted molar refractivity (Wildman–Crippen MR) is 71.1 cm³/mol. The Morgan fingerprint density at radius 1 is 1.33 bits per heavy atom. The van der Waals surface area contributed by atoms with Crippen molar-refractivity contribution in [2.75, 3.05) is 14.2 Å². The lowest BCUT2D eigenvalue weighted by atomic mass is 9.91. The highest BCUT2D eigenvalue weighted by Gasteiger charge is 2.26. The first kappa shape index (κ1) is 14.5. The largest absolute Gasteiger partial charge is 0.496 e. The van der Waals surface area contributed by atoms with Gasteiger partial charge in [0.25, 0.3) is 0 Å². The minimum atomic E-state index is -0.824. The molecule has 0 aliphatic rings. The van der Waals surface area contributed by atoms with Crippen molar-refractivity contribution >= 4 is 5.97 Å². The van der Waals surface area contributed by atoms with Crippen molar-refractivity contribution in [3.05, 3.63) is 28.8 Å². The average Bonchev–Trinajstić information content (AvgIpc) is 2.33. The SMILES string of the molecule is CNC(c1cc(C)c(C)cc1OC)C(C)C(=O)O. The smallest absolute Gasteiger partial charge is 0.308 e. The Kier molecular flexibility index (Phi) is 4.73. The van der Waals surface area contributed by atoms with Crippen LogP contribution >= 0.6 is 0 Å². The predicted octanol–water partition coefficient (Wildman–Crippen LogP) is 2.29. The lowest BCUT2D eigenvalue weighted by molar-refractivity contribution is -0.142. The minimum Gasteiger partial charge on any atom is -0.496 e. The van der Waals surface area contributed by atoms with Crippen molar-refractivity contribution in [3.63, 3.8) is 0 Å². The lowest BCUT2D eigenvalue weighted by Gasteiger charge is -2.24. The van der Waals surface area contributed by atoms with Gasteiger partial charge in [0.1, 0.15) is 5.75 Å². The number of ether oxygens (including phenoxy) is 1. The van der Waals surface area contributed by atoms with E-state index in [1.165, 1.54) is 0 Å². The molecular weight excluding hydrogens is 230 g/mol. The number of carboxylic acids is 1. The maximum atomic E-state index is 11.1. The molecule has 0 aliphatic heterocycles. The fourth-order valence-corrected chi connectivity index (χ4v) is 2.05. The quantitative estimate of drug-likeness (QED) is 0.843. The van der Waals surface area contributed by atoms with Gasteiger partial charge in [-0.1, -0.05) is 13.0 Å². The summed E-state index contributed by atoms with van der Waals surface area (Å²) in [5.41, 5.74) is 3.15. The van der Waals surface area contributed by atoms with Crippen LogP contribution in [-0.2, 0) is 4.79 Å². The van der Waals surface area contributed by atoms with Gasteiger partial charge >= 0.3 is 5.97 Å². The zero-order chi connectivity index (χ0) is 13.9. The van der Waals surface area contributed by atoms with Crippen LogP contribution in [0.4, 0.5) is 0 Å². The van der Waals surface area contributed by atoms with E-state index in [1.807, 2.05) is 26.0 Å². The van der Waals surface area contributed by atoms with Gasteiger partial charge in [-0.3, -0.25) is 4.79 Å². The normalized spacial score (nSPS) is 14.1. The molecule has 0 heterocycles. The highest BCUT2D eigenvalue weighted by Crippen LogP contribution is 2.32. The molecule has 0 saturated heterocycles. The second kappa shape index (κ2) is 5.87. The molecule has 100 valence electrons.